The Kier molecular flexibility index (Phi) is 9.06. The van der Waals surface area contributed by atoms with Gasteiger partial charge < -0.3 is 9.84 Å². The SMILES string of the molecule is C/C=C/C=C(/C(=O)O)c1ccc(-c2ccc(OCCCCCCC)cc2)cc1. The van der Waals surface area contributed by atoms with E-state index in [1.165, 1.54) is 25.7 Å². The number of allylic oxidation sites excluding steroid dienone is 3. The maximum absolute atomic E-state index is 11.4. The molecule has 2 rings (SSSR count). The van der Waals surface area contributed by atoms with E-state index in [-0.39, 0.29) is 5.57 Å². The van der Waals surface area contributed by atoms with E-state index >= 15 is 0 Å². The lowest BCUT2D eigenvalue weighted by molar-refractivity contribution is -0.130. The number of carbonyl (C=O) groups is 1. The highest BCUT2D eigenvalue weighted by Crippen LogP contribution is 2.25. The number of hydrogen-bond acceptors (Lipinski definition) is 2. The number of ether oxygens (including phenoxy) is 1. The van der Waals surface area contributed by atoms with Gasteiger partial charge in [-0.3, -0.25) is 0 Å². The molecule has 0 saturated heterocycles. The molecule has 0 amide bonds. The number of carboxylic acid groups (broad SMARTS) is 1. The Morgan fingerprint density at radius 2 is 1.54 bits per heavy atom. The van der Waals surface area contributed by atoms with E-state index in [0.717, 1.165) is 29.9 Å². The van der Waals surface area contributed by atoms with Gasteiger partial charge in [-0.15, -0.1) is 0 Å². The molecule has 28 heavy (non-hydrogen) atoms. The van der Waals surface area contributed by atoms with Crippen molar-refractivity contribution >= 4 is 11.5 Å². The number of aliphatic carboxylic acids is 1. The van der Waals surface area contributed by atoms with Gasteiger partial charge in [-0.1, -0.05) is 81.2 Å². The summed E-state index contributed by atoms with van der Waals surface area (Å²) in [6, 6.07) is 15.6. The second-order valence-electron chi connectivity index (χ2n) is 6.78. The number of hydrogen-bond donors (Lipinski definition) is 1. The van der Waals surface area contributed by atoms with Gasteiger partial charge in [-0.2, -0.15) is 0 Å². The normalized spacial score (nSPS) is 11.7. The molecule has 0 spiro atoms. The maximum Gasteiger partial charge on any atom is 0.336 e. The summed E-state index contributed by atoms with van der Waals surface area (Å²) >= 11 is 0. The van der Waals surface area contributed by atoms with Crippen molar-refractivity contribution in [1.82, 2.24) is 0 Å². The smallest absolute Gasteiger partial charge is 0.336 e. The molecule has 0 radical (unpaired) electrons. The third kappa shape index (κ3) is 6.73. The van der Waals surface area contributed by atoms with Gasteiger partial charge in [0.1, 0.15) is 5.75 Å². The van der Waals surface area contributed by atoms with E-state index in [9.17, 15) is 9.90 Å². The van der Waals surface area contributed by atoms with Crippen molar-refractivity contribution in [3.05, 3.63) is 72.3 Å². The molecule has 0 unspecified atom stereocenters. The molecule has 0 fully saturated rings. The van der Waals surface area contributed by atoms with Crippen molar-refractivity contribution < 1.29 is 14.6 Å². The monoisotopic (exact) mass is 378 g/mol. The predicted octanol–water partition coefficient (Wildman–Crippen LogP) is 6.75. The van der Waals surface area contributed by atoms with Crippen molar-refractivity contribution in [2.24, 2.45) is 0 Å². The summed E-state index contributed by atoms with van der Waals surface area (Å²) in [4.78, 5) is 11.4. The van der Waals surface area contributed by atoms with Crippen LogP contribution in [0.3, 0.4) is 0 Å². The first-order valence-electron chi connectivity index (χ1n) is 10.1. The molecule has 0 atom stereocenters. The van der Waals surface area contributed by atoms with Gasteiger partial charge >= 0.3 is 5.97 Å². The lowest BCUT2D eigenvalue weighted by Gasteiger charge is -2.08. The van der Waals surface area contributed by atoms with Crippen molar-refractivity contribution in [3.63, 3.8) is 0 Å². The molecule has 0 aliphatic heterocycles. The Labute approximate surface area is 168 Å². The van der Waals surface area contributed by atoms with Crippen LogP contribution in [0.4, 0.5) is 0 Å². The minimum absolute atomic E-state index is 0.285. The molecule has 0 aliphatic rings. The van der Waals surface area contributed by atoms with E-state index in [2.05, 4.69) is 6.92 Å². The molecule has 0 saturated carbocycles. The van der Waals surface area contributed by atoms with Crippen molar-refractivity contribution in [2.45, 2.75) is 46.0 Å². The number of rotatable bonds is 11. The molecule has 2 aromatic carbocycles. The Morgan fingerprint density at radius 3 is 2.11 bits per heavy atom. The van der Waals surface area contributed by atoms with Gasteiger partial charge in [-0.05, 0) is 48.2 Å². The third-order valence-electron chi connectivity index (χ3n) is 4.59. The topological polar surface area (TPSA) is 46.5 Å². The van der Waals surface area contributed by atoms with Gasteiger partial charge in [0.05, 0.1) is 12.2 Å². The fraction of sp³-hybridized carbons (Fsp3) is 0.320. The van der Waals surface area contributed by atoms with Gasteiger partial charge in [0.25, 0.3) is 0 Å². The average Bonchev–Trinajstić information content (AvgIpc) is 2.72. The van der Waals surface area contributed by atoms with Crippen molar-refractivity contribution in [1.29, 1.82) is 0 Å². The van der Waals surface area contributed by atoms with Crippen LogP contribution >= 0.6 is 0 Å². The van der Waals surface area contributed by atoms with Crippen molar-refractivity contribution in [2.75, 3.05) is 6.61 Å². The van der Waals surface area contributed by atoms with Crippen LogP contribution in [0, 0.1) is 0 Å². The molecule has 3 heteroatoms. The molecule has 0 heterocycles. The summed E-state index contributed by atoms with van der Waals surface area (Å²) in [5.74, 6) is -0.0413. The highest BCUT2D eigenvalue weighted by molar-refractivity contribution is 6.15. The van der Waals surface area contributed by atoms with Crippen molar-refractivity contribution in [3.8, 4) is 16.9 Å². The van der Waals surface area contributed by atoms with Crippen LogP contribution in [-0.4, -0.2) is 17.7 Å². The quantitative estimate of drug-likeness (QED) is 0.267. The van der Waals surface area contributed by atoms with Gasteiger partial charge in [0.15, 0.2) is 0 Å². The Morgan fingerprint density at radius 1 is 0.929 bits per heavy atom. The molecular formula is C25H30O3. The largest absolute Gasteiger partial charge is 0.494 e. The number of benzene rings is 2. The molecular weight excluding hydrogens is 348 g/mol. The maximum atomic E-state index is 11.4. The molecule has 3 nitrogen and oxygen atoms in total. The van der Waals surface area contributed by atoms with Crippen LogP contribution in [0.25, 0.3) is 16.7 Å². The predicted molar refractivity (Wildman–Crippen MR) is 117 cm³/mol. The molecule has 0 aromatic heterocycles. The summed E-state index contributed by atoms with van der Waals surface area (Å²) < 4.78 is 5.81. The zero-order valence-corrected chi connectivity index (χ0v) is 16.9. The van der Waals surface area contributed by atoms with E-state index < -0.39 is 5.97 Å². The van der Waals surface area contributed by atoms with E-state index in [4.69, 9.17) is 4.74 Å². The number of carboxylic acids is 1. The summed E-state index contributed by atoms with van der Waals surface area (Å²) in [5.41, 5.74) is 3.10. The first-order valence-corrected chi connectivity index (χ1v) is 10.1. The minimum Gasteiger partial charge on any atom is -0.494 e. The fourth-order valence-corrected chi connectivity index (χ4v) is 2.96. The molecule has 148 valence electrons. The van der Waals surface area contributed by atoms with Crippen LogP contribution in [0.15, 0.2) is 66.8 Å². The second-order valence-corrected chi connectivity index (χ2v) is 6.78. The summed E-state index contributed by atoms with van der Waals surface area (Å²) in [7, 11) is 0. The summed E-state index contributed by atoms with van der Waals surface area (Å²) in [6.45, 7) is 4.84. The zero-order chi connectivity index (χ0) is 20.2. The Bertz CT molecular complexity index is 784. The lowest BCUT2D eigenvalue weighted by atomic mass is 10.00. The highest BCUT2D eigenvalue weighted by atomic mass is 16.5. The van der Waals surface area contributed by atoms with E-state index in [0.29, 0.717) is 5.56 Å². The van der Waals surface area contributed by atoms with Crippen LogP contribution in [0.1, 0.15) is 51.5 Å². The van der Waals surface area contributed by atoms with Crippen LogP contribution < -0.4 is 4.74 Å². The molecule has 0 bridgehead atoms. The molecule has 0 aliphatic carbocycles. The first-order chi connectivity index (χ1) is 13.7. The second kappa shape index (κ2) is 11.8. The highest BCUT2D eigenvalue weighted by Gasteiger charge is 2.09. The molecule has 2 aromatic rings. The van der Waals surface area contributed by atoms with E-state index in [1.54, 1.807) is 12.2 Å². The van der Waals surface area contributed by atoms with Crippen LogP contribution in [-0.2, 0) is 4.79 Å². The first kappa shape index (κ1) is 21.5. The van der Waals surface area contributed by atoms with Gasteiger partial charge in [-0.25, -0.2) is 4.79 Å². The lowest BCUT2D eigenvalue weighted by Crippen LogP contribution is -1.99. The Balaban J connectivity index is 1.97. The summed E-state index contributed by atoms with van der Waals surface area (Å²) in [5, 5.41) is 9.39. The van der Waals surface area contributed by atoms with Gasteiger partial charge in [0.2, 0.25) is 0 Å². The van der Waals surface area contributed by atoms with Crippen LogP contribution in [0.5, 0.6) is 5.75 Å². The molecule has 1 N–H and O–H groups in total. The van der Waals surface area contributed by atoms with E-state index in [1.807, 2.05) is 61.5 Å². The number of unbranched alkanes of at least 4 members (excludes halogenated alkanes) is 4. The summed E-state index contributed by atoms with van der Waals surface area (Å²) in [6.07, 6.45) is 11.3. The Hall–Kier alpha value is -2.81. The van der Waals surface area contributed by atoms with Gasteiger partial charge in [0, 0.05) is 0 Å². The van der Waals surface area contributed by atoms with Crippen LogP contribution in [0.2, 0.25) is 0 Å². The third-order valence-corrected chi connectivity index (χ3v) is 4.59. The zero-order valence-electron chi connectivity index (χ0n) is 16.9. The average molecular weight is 379 g/mol. The standard InChI is InChI=1S/C25H30O3/c1-3-5-7-8-9-19-28-23-17-15-21(16-18-23)20-11-13-22(14-12-20)24(25(26)27)10-6-4-2/h4,6,10-18H,3,5,7-9,19H2,1-2H3,(H,26,27)/b6-4+,24-10+. The fourth-order valence-electron chi connectivity index (χ4n) is 2.96. The minimum atomic E-state index is -0.929.